The van der Waals surface area contributed by atoms with Gasteiger partial charge in [-0.2, -0.15) is 0 Å². The molecule has 1 aromatic heterocycles. The number of amides is 1. The summed E-state index contributed by atoms with van der Waals surface area (Å²) >= 11 is 0. The summed E-state index contributed by atoms with van der Waals surface area (Å²) in [5, 5.41) is 0. The van der Waals surface area contributed by atoms with Gasteiger partial charge in [-0.05, 0) is 19.8 Å². The predicted molar refractivity (Wildman–Crippen MR) is 76.4 cm³/mol. The molecule has 0 unspecified atom stereocenters. The molecular formula is C14H21N3O3. The van der Waals surface area contributed by atoms with Gasteiger partial charge >= 0.3 is 0 Å². The number of aromatic nitrogens is 1. The van der Waals surface area contributed by atoms with Crippen molar-refractivity contribution in [2.45, 2.75) is 45.1 Å². The van der Waals surface area contributed by atoms with Crippen molar-refractivity contribution < 1.29 is 9.63 Å². The zero-order valence-electron chi connectivity index (χ0n) is 11.9. The Morgan fingerprint density at radius 3 is 2.65 bits per heavy atom. The van der Waals surface area contributed by atoms with E-state index >= 15 is 0 Å². The molecule has 1 heterocycles. The maximum Gasteiger partial charge on any atom is 0.280 e. The second-order valence-corrected chi connectivity index (χ2v) is 5.22. The number of nitrogens with two attached hydrogens (primary N) is 1. The first-order valence-electron chi connectivity index (χ1n) is 6.90. The quantitative estimate of drug-likeness (QED) is 0.822. The van der Waals surface area contributed by atoms with Crippen LogP contribution in [0.5, 0.6) is 0 Å². The molecule has 0 aliphatic heterocycles. The van der Waals surface area contributed by atoms with E-state index in [-0.39, 0.29) is 17.0 Å². The zero-order valence-corrected chi connectivity index (χ0v) is 11.9. The lowest BCUT2D eigenvalue weighted by molar-refractivity contribution is 0.0535. The van der Waals surface area contributed by atoms with Crippen LogP contribution in [0.1, 0.15) is 54.1 Å². The molecule has 6 nitrogen and oxygen atoms in total. The fraction of sp³-hybridized carbons (Fsp3) is 0.571. The first-order chi connectivity index (χ1) is 9.56. The van der Waals surface area contributed by atoms with E-state index < -0.39 is 5.91 Å². The largest absolute Gasteiger partial charge is 0.385 e. The lowest BCUT2D eigenvalue weighted by Crippen LogP contribution is -2.32. The molecule has 0 aromatic carbocycles. The van der Waals surface area contributed by atoms with Crippen LogP contribution in [0, 0.1) is 6.92 Å². The van der Waals surface area contributed by atoms with E-state index in [1.54, 1.807) is 13.1 Å². The summed E-state index contributed by atoms with van der Waals surface area (Å²) in [5.74, 6) is -0.0824. The van der Waals surface area contributed by atoms with E-state index in [9.17, 15) is 9.59 Å². The van der Waals surface area contributed by atoms with Crippen molar-refractivity contribution in [2.75, 3.05) is 12.8 Å². The van der Waals surface area contributed by atoms with Gasteiger partial charge in [0.1, 0.15) is 11.4 Å². The monoisotopic (exact) mass is 279 g/mol. The highest BCUT2D eigenvalue weighted by molar-refractivity contribution is 5.93. The lowest BCUT2D eigenvalue weighted by Gasteiger charge is -2.27. The average Bonchev–Trinajstić information content (AvgIpc) is 2.46. The zero-order chi connectivity index (χ0) is 14.7. The Morgan fingerprint density at radius 2 is 2.05 bits per heavy atom. The number of hydrogen-bond donors (Lipinski definition) is 2. The molecule has 1 saturated carbocycles. The summed E-state index contributed by atoms with van der Waals surface area (Å²) in [4.78, 5) is 28.6. The van der Waals surface area contributed by atoms with Gasteiger partial charge in [0, 0.05) is 17.8 Å². The van der Waals surface area contributed by atoms with Crippen LogP contribution in [0.15, 0.2) is 11.0 Å². The van der Waals surface area contributed by atoms with Crippen LogP contribution in [0.4, 0.5) is 5.82 Å². The Balaban J connectivity index is 2.46. The number of anilines is 1. The van der Waals surface area contributed by atoms with Gasteiger partial charge in [0.2, 0.25) is 0 Å². The number of hydroxylamine groups is 1. The van der Waals surface area contributed by atoms with E-state index in [1.807, 2.05) is 4.57 Å². The minimum absolute atomic E-state index is 0.0733. The minimum atomic E-state index is -0.537. The van der Waals surface area contributed by atoms with Crippen LogP contribution in [0.2, 0.25) is 0 Å². The van der Waals surface area contributed by atoms with E-state index in [0.29, 0.717) is 11.4 Å². The molecule has 1 aliphatic carbocycles. The number of carbonyl (C=O) groups is 1. The van der Waals surface area contributed by atoms with Gasteiger partial charge in [0.25, 0.3) is 5.91 Å². The van der Waals surface area contributed by atoms with Crippen molar-refractivity contribution in [1.29, 1.82) is 0 Å². The standard InChI is InChI=1S/C14H21N3O3/c1-9-12(18)11(14(19)16-20-2)8-17(13(9)15)10-6-4-3-5-7-10/h8,10H,3-7,15H2,1-2H3,(H,16,19). The SMILES string of the molecule is CONC(=O)c1cn(C2CCCCC2)c(N)c(C)c1=O. The second-order valence-electron chi connectivity index (χ2n) is 5.22. The van der Waals surface area contributed by atoms with Crippen molar-refractivity contribution in [2.24, 2.45) is 0 Å². The molecule has 0 spiro atoms. The summed E-state index contributed by atoms with van der Waals surface area (Å²) in [5.41, 5.74) is 8.39. The van der Waals surface area contributed by atoms with Gasteiger partial charge in [-0.15, -0.1) is 0 Å². The molecule has 1 fully saturated rings. The lowest BCUT2D eigenvalue weighted by atomic mass is 9.94. The van der Waals surface area contributed by atoms with E-state index in [2.05, 4.69) is 10.3 Å². The van der Waals surface area contributed by atoms with Gasteiger partial charge < -0.3 is 10.3 Å². The number of pyridine rings is 1. The van der Waals surface area contributed by atoms with E-state index in [4.69, 9.17) is 5.73 Å². The van der Waals surface area contributed by atoms with E-state index in [1.165, 1.54) is 13.5 Å². The van der Waals surface area contributed by atoms with Crippen LogP contribution < -0.4 is 16.6 Å². The van der Waals surface area contributed by atoms with Crippen LogP contribution in [-0.2, 0) is 4.84 Å². The average molecular weight is 279 g/mol. The minimum Gasteiger partial charge on any atom is -0.385 e. The van der Waals surface area contributed by atoms with E-state index in [0.717, 1.165) is 25.7 Å². The van der Waals surface area contributed by atoms with Crippen LogP contribution in [0.25, 0.3) is 0 Å². The maximum atomic E-state index is 12.1. The van der Waals surface area contributed by atoms with Gasteiger partial charge in [-0.3, -0.25) is 14.4 Å². The first kappa shape index (κ1) is 14.6. The van der Waals surface area contributed by atoms with Gasteiger partial charge in [-0.25, -0.2) is 5.48 Å². The second kappa shape index (κ2) is 6.09. The number of nitrogens with one attached hydrogen (secondary N) is 1. The first-order valence-corrected chi connectivity index (χ1v) is 6.90. The van der Waals surface area contributed by atoms with Gasteiger partial charge in [-0.1, -0.05) is 19.3 Å². The van der Waals surface area contributed by atoms with Crippen LogP contribution >= 0.6 is 0 Å². The molecule has 0 bridgehead atoms. The third-order valence-electron chi connectivity index (χ3n) is 3.92. The Morgan fingerprint density at radius 1 is 1.40 bits per heavy atom. The Bertz CT molecular complexity index is 560. The van der Waals surface area contributed by atoms with Gasteiger partial charge in [0.05, 0.1) is 7.11 Å². The maximum absolute atomic E-state index is 12.1. The molecule has 6 heteroatoms. The van der Waals surface area contributed by atoms with Crippen LogP contribution in [-0.4, -0.2) is 17.6 Å². The van der Waals surface area contributed by atoms with Gasteiger partial charge in [0.15, 0.2) is 5.43 Å². The molecule has 0 radical (unpaired) electrons. The van der Waals surface area contributed by atoms with Crippen molar-refractivity contribution in [1.82, 2.24) is 10.0 Å². The Hall–Kier alpha value is -1.82. The number of rotatable bonds is 3. The fourth-order valence-corrected chi connectivity index (χ4v) is 2.75. The van der Waals surface area contributed by atoms with Crippen molar-refractivity contribution in [3.63, 3.8) is 0 Å². The highest BCUT2D eigenvalue weighted by Gasteiger charge is 2.21. The highest BCUT2D eigenvalue weighted by Crippen LogP contribution is 2.30. The third kappa shape index (κ3) is 2.70. The number of nitrogen functional groups attached to an aromatic ring is 1. The molecule has 0 atom stereocenters. The molecule has 2 rings (SSSR count). The molecule has 1 aromatic rings. The molecule has 0 saturated heterocycles. The summed E-state index contributed by atoms with van der Waals surface area (Å²) in [7, 11) is 1.34. The number of carbonyl (C=O) groups excluding carboxylic acids is 1. The number of nitrogens with zero attached hydrogens (tertiary/aromatic N) is 1. The topological polar surface area (TPSA) is 86.3 Å². The summed E-state index contributed by atoms with van der Waals surface area (Å²) in [6.07, 6.45) is 7.14. The summed E-state index contributed by atoms with van der Waals surface area (Å²) in [6.45, 7) is 1.65. The molecule has 1 aliphatic rings. The third-order valence-corrected chi connectivity index (χ3v) is 3.92. The van der Waals surface area contributed by atoms with Crippen molar-refractivity contribution >= 4 is 11.7 Å². The summed E-state index contributed by atoms with van der Waals surface area (Å²) < 4.78 is 1.88. The highest BCUT2D eigenvalue weighted by atomic mass is 16.6. The molecule has 110 valence electrons. The molecule has 3 N–H and O–H groups in total. The Kier molecular flexibility index (Phi) is 4.44. The smallest absolute Gasteiger partial charge is 0.280 e. The Labute approximate surface area is 117 Å². The molecule has 20 heavy (non-hydrogen) atoms. The van der Waals surface area contributed by atoms with Crippen molar-refractivity contribution in [3.05, 3.63) is 27.5 Å². The molecule has 1 amide bonds. The number of hydrogen-bond acceptors (Lipinski definition) is 4. The normalized spacial score (nSPS) is 16.1. The van der Waals surface area contributed by atoms with Crippen LogP contribution in [0.3, 0.4) is 0 Å². The summed E-state index contributed by atoms with van der Waals surface area (Å²) in [6, 6.07) is 0.261. The van der Waals surface area contributed by atoms with Crippen molar-refractivity contribution in [3.8, 4) is 0 Å². The predicted octanol–water partition coefficient (Wildman–Crippen LogP) is 1.54. The molecular weight excluding hydrogens is 258 g/mol. The fourth-order valence-electron chi connectivity index (χ4n) is 2.75.